The van der Waals surface area contributed by atoms with Crippen LogP contribution in [-0.2, 0) is 13.0 Å². The van der Waals surface area contributed by atoms with Gasteiger partial charge in [0.2, 0.25) is 0 Å². The van der Waals surface area contributed by atoms with E-state index in [0.29, 0.717) is 18.2 Å². The molecule has 0 aliphatic carbocycles. The second kappa shape index (κ2) is 6.05. The van der Waals surface area contributed by atoms with Gasteiger partial charge in [-0.25, -0.2) is 0 Å². The Morgan fingerprint density at radius 2 is 2.18 bits per heavy atom. The SMILES string of the molecule is NCCc1ccc(OCc2cccs2)c(Cl)c1. The quantitative estimate of drug-likeness (QED) is 0.900. The molecule has 1 aromatic heterocycles. The van der Waals surface area contributed by atoms with Crippen molar-refractivity contribution in [2.45, 2.75) is 13.0 Å². The number of rotatable bonds is 5. The molecule has 1 aromatic carbocycles. The minimum absolute atomic E-state index is 0.563. The first-order valence-corrected chi connectivity index (χ1v) is 6.69. The van der Waals surface area contributed by atoms with Crippen LogP contribution in [0.15, 0.2) is 35.7 Å². The van der Waals surface area contributed by atoms with Crippen LogP contribution in [0, 0.1) is 0 Å². The van der Waals surface area contributed by atoms with Gasteiger partial charge in [0.05, 0.1) is 5.02 Å². The van der Waals surface area contributed by atoms with Gasteiger partial charge in [0.25, 0.3) is 0 Å². The van der Waals surface area contributed by atoms with E-state index in [1.54, 1.807) is 11.3 Å². The Bertz CT molecular complexity index is 470. The van der Waals surface area contributed by atoms with E-state index in [9.17, 15) is 0 Å². The van der Waals surface area contributed by atoms with Crippen molar-refractivity contribution in [1.82, 2.24) is 0 Å². The molecule has 0 unspecified atom stereocenters. The van der Waals surface area contributed by atoms with Crippen molar-refractivity contribution >= 4 is 22.9 Å². The highest BCUT2D eigenvalue weighted by molar-refractivity contribution is 7.09. The lowest BCUT2D eigenvalue weighted by molar-refractivity contribution is 0.310. The number of nitrogens with two attached hydrogens (primary N) is 1. The van der Waals surface area contributed by atoms with Crippen LogP contribution in [0.5, 0.6) is 5.75 Å². The first kappa shape index (κ1) is 12.4. The minimum atomic E-state index is 0.563. The first-order valence-electron chi connectivity index (χ1n) is 5.43. The number of thiophene rings is 1. The normalized spacial score (nSPS) is 10.5. The van der Waals surface area contributed by atoms with Crippen LogP contribution in [0.25, 0.3) is 0 Å². The van der Waals surface area contributed by atoms with Gasteiger partial charge in [0.15, 0.2) is 0 Å². The molecule has 0 aliphatic heterocycles. The lowest BCUT2D eigenvalue weighted by Crippen LogP contribution is -2.02. The summed E-state index contributed by atoms with van der Waals surface area (Å²) in [6.45, 7) is 1.19. The molecule has 4 heteroatoms. The fourth-order valence-corrected chi connectivity index (χ4v) is 2.40. The fourth-order valence-electron chi connectivity index (χ4n) is 1.53. The van der Waals surface area contributed by atoms with Gasteiger partial charge >= 0.3 is 0 Å². The zero-order valence-electron chi connectivity index (χ0n) is 9.36. The van der Waals surface area contributed by atoms with Crippen molar-refractivity contribution in [3.63, 3.8) is 0 Å². The lowest BCUT2D eigenvalue weighted by Gasteiger charge is -2.08. The molecule has 0 fully saturated rings. The fraction of sp³-hybridized carbons (Fsp3) is 0.231. The van der Waals surface area contributed by atoms with Gasteiger partial charge in [0, 0.05) is 4.88 Å². The molecule has 1 heterocycles. The third-order valence-corrected chi connectivity index (χ3v) is 3.52. The maximum absolute atomic E-state index is 6.14. The molecular formula is C13H14ClNOS. The molecule has 0 atom stereocenters. The summed E-state index contributed by atoms with van der Waals surface area (Å²) in [6, 6.07) is 9.87. The summed E-state index contributed by atoms with van der Waals surface area (Å²) >= 11 is 7.82. The average molecular weight is 268 g/mol. The minimum Gasteiger partial charge on any atom is -0.487 e. The van der Waals surface area contributed by atoms with Crippen molar-refractivity contribution < 1.29 is 4.74 Å². The van der Waals surface area contributed by atoms with Crippen LogP contribution in [-0.4, -0.2) is 6.54 Å². The molecule has 0 saturated carbocycles. The van der Waals surface area contributed by atoms with Crippen LogP contribution >= 0.6 is 22.9 Å². The van der Waals surface area contributed by atoms with E-state index in [1.807, 2.05) is 35.7 Å². The number of hydrogen-bond acceptors (Lipinski definition) is 3. The van der Waals surface area contributed by atoms with Crippen LogP contribution in [0.4, 0.5) is 0 Å². The van der Waals surface area contributed by atoms with Gasteiger partial charge in [-0.15, -0.1) is 11.3 Å². The molecule has 17 heavy (non-hydrogen) atoms. The van der Waals surface area contributed by atoms with Crippen molar-refractivity contribution in [3.8, 4) is 5.75 Å². The molecule has 0 radical (unpaired) electrons. The largest absolute Gasteiger partial charge is 0.487 e. The van der Waals surface area contributed by atoms with E-state index < -0.39 is 0 Å². The summed E-state index contributed by atoms with van der Waals surface area (Å²) in [5.41, 5.74) is 6.64. The van der Waals surface area contributed by atoms with E-state index in [4.69, 9.17) is 22.1 Å². The van der Waals surface area contributed by atoms with Crippen molar-refractivity contribution in [2.75, 3.05) is 6.54 Å². The Hall–Kier alpha value is -1.03. The van der Waals surface area contributed by atoms with Gasteiger partial charge in [-0.05, 0) is 42.1 Å². The predicted molar refractivity (Wildman–Crippen MR) is 72.9 cm³/mol. The van der Waals surface area contributed by atoms with E-state index >= 15 is 0 Å². The van der Waals surface area contributed by atoms with Crippen LogP contribution in [0.3, 0.4) is 0 Å². The highest BCUT2D eigenvalue weighted by Crippen LogP contribution is 2.26. The Morgan fingerprint density at radius 3 is 2.82 bits per heavy atom. The molecule has 0 aliphatic rings. The smallest absolute Gasteiger partial charge is 0.138 e. The van der Waals surface area contributed by atoms with E-state index in [2.05, 4.69) is 0 Å². The van der Waals surface area contributed by atoms with Crippen LogP contribution in [0.1, 0.15) is 10.4 Å². The number of ether oxygens (including phenoxy) is 1. The zero-order chi connectivity index (χ0) is 12.1. The Balaban J connectivity index is 2.01. The van der Waals surface area contributed by atoms with Gasteiger partial charge < -0.3 is 10.5 Å². The number of hydrogen-bond donors (Lipinski definition) is 1. The third kappa shape index (κ3) is 3.46. The molecule has 0 saturated heterocycles. The summed E-state index contributed by atoms with van der Waals surface area (Å²) in [5.74, 6) is 0.723. The summed E-state index contributed by atoms with van der Waals surface area (Å²) in [6.07, 6.45) is 0.838. The standard InChI is InChI=1S/C13H14ClNOS/c14-12-8-10(5-6-15)3-4-13(12)16-9-11-2-1-7-17-11/h1-4,7-8H,5-6,9,15H2. The van der Waals surface area contributed by atoms with Crippen molar-refractivity contribution in [3.05, 3.63) is 51.2 Å². The van der Waals surface area contributed by atoms with Crippen LogP contribution in [0.2, 0.25) is 5.02 Å². The maximum Gasteiger partial charge on any atom is 0.138 e. The molecule has 2 N–H and O–H groups in total. The van der Waals surface area contributed by atoms with E-state index in [1.165, 1.54) is 4.88 Å². The van der Waals surface area contributed by atoms with Gasteiger partial charge in [-0.1, -0.05) is 23.7 Å². The van der Waals surface area contributed by atoms with E-state index in [0.717, 1.165) is 17.7 Å². The summed E-state index contributed by atoms with van der Waals surface area (Å²) in [4.78, 5) is 1.19. The molecule has 0 amide bonds. The molecule has 0 spiro atoms. The summed E-state index contributed by atoms with van der Waals surface area (Å²) in [5, 5.41) is 2.68. The Morgan fingerprint density at radius 1 is 1.29 bits per heavy atom. The zero-order valence-corrected chi connectivity index (χ0v) is 10.9. The predicted octanol–water partition coefficient (Wildman–Crippen LogP) is 3.48. The first-order chi connectivity index (χ1) is 8.29. The third-order valence-electron chi connectivity index (χ3n) is 2.38. The van der Waals surface area contributed by atoms with Crippen molar-refractivity contribution in [2.24, 2.45) is 5.73 Å². The van der Waals surface area contributed by atoms with Gasteiger partial charge in [-0.3, -0.25) is 0 Å². The lowest BCUT2D eigenvalue weighted by atomic mass is 10.1. The van der Waals surface area contributed by atoms with Crippen LogP contribution < -0.4 is 10.5 Å². The molecule has 90 valence electrons. The highest BCUT2D eigenvalue weighted by Gasteiger charge is 2.03. The molecule has 2 rings (SSSR count). The average Bonchev–Trinajstić information content (AvgIpc) is 2.81. The Labute approximate surface area is 110 Å². The number of benzene rings is 1. The van der Waals surface area contributed by atoms with Gasteiger partial charge in [-0.2, -0.15) is 0 Å². The summed E-state index contributed by atoms with van der Waals surface area (Å²) < 4.78 is 5.66. The molecule has 2 aromatic rings. The Kier molecular flexibility index (Phi) is 4.42. The summed E-state index contributed by atoms with van der Waals surface area (Å²) in [7, 11) is 0. The monoisotopic (exact) mass is 267 g/mol. The second-order valence-corrected chi connectivity index (χ2v) is 5.11. The second-order valence-electron chi connectivity index (χ2n) is 3.67. The maximum atomic E-state index is 6.14. The van der Waals surface area contributed by atoms with Crippen molar-refractivity contribution in [1.29, 1.82) is 0 Å². The molecule has 0 bridgehead atoms. The molecule has 2 nitrogen and oxygen atoms in total. The topological polar surface area (TPSA) is 35.2 Å². The van der Waals surface area contributed by atoms with E-state index in [-0.39, 0.29) is 0 Å². The molecular weight excluding hydrogens is 254 g/mol. The van der Waals surface area contributed by atoms with Gasteiger partial charge in [0.1, 0.15) is 12.4 Å². The number of halogens is 1. The highest BCUT2D eigenvalue weighted by atomic mass is 35.5.